The quantitative estimate of drug-likeness (QED) is 0.729. The first-order valence-corrected chi connectivity index (χ1v) is 9.15. The maximum absolute atomic E-state index is 12.2. The molecule has 2 N–H and O–H groups in total. The average molecular weight is 325 g/mol. The molecule has 0 atom stereocenters. The highest BCUT2D eigenvalue weighted by atomic mass is 32.2. The number of nitrogens with zero attached hydrogens (tertiary/aromatic N) is 1. The smallest absolute Gasteiger partial charge is 0.241 e. The van der Waals surface area contributed by atoms with Gasteiger partial charge in [-0.2, -0.15) is 0 Å². The Labute approximate surface area is 129 Å². The first kappa shape index (κ1) is 16.1. The summed E-state index contributed by atoms with van der Waals surface area (Å²) in [5.41, 5.74) is 0.834. The zero-order valence-corrected chi connectivity index (χ0v) is 13.5. The van der Waals surface area contributed by atoms with Crippen LogP contribution in [-0.4, -0.2) is 19.9 Å². The largest absolute Gasteiger partial charge is 0.312 e. The molecule has 2 rings (SSSR count). The molecule has 0 fully saturated rings. The molecule has 2 heterocycles. The zero-order valence-electron chi connectivity index (χ0n) is 11.9. The van der Waals surface area contributed by atoms with Crippen molar-refractivity contribution < 1.29 is 8.42 Å². The van der Waals surface area contributed by atoms with Crippen molar-refractivity contribution in [3.05, 3.63) is 46.4 Å². The summed E-state index contributed by atoms with van der Waals surface area (Å²) in [4.78, 5) is 5.31. The monoisotopic (exact) mass is 325 g/mol. The van der Waals surface area contributed by atoms with E-state index in [1.807, 2.05) is 6.07 Å². The van der Waals surface area contributed by atoms with Gasteiger partial charge in [0.05, 0.1) is 4.90 Å². The third-order valence-electron chi connectivity index (χ3n) is 2.86. The molecular weight excluding hydrogens is 306 g/mol. The van der Waals surface area contributed by atoms with Crippen LogP contribution < -0.4 is 10.0 Å². The molecule has 7 heteroatoms. The van der Waals surface area contributed by atoms with E-state index in [0.29, 0.717) is 11.4 Å². The van der Waals surface area contributed by atoms with Gasteiger partial charge in [-0.15, -0.1) is 11.3 Å². The van der Waals surface area contributed by atoms with Gasteiger partial charge in [0.1, 0.15) is 0 Å². The van der Waals surface area contributed by atoms with Crippen molar-refractivity contribution in [1.29, 1.82) is 0 Å². The lowest BCUT2D eigenvalue weighted by Crippen LogP contribution is -2.22. The number of nitrogens with one attached hydrogen (secondary N) is 2. The molecule has 114 valence electrons. The van der Waals surface area contributed by atoms with E-state index in [9.17, 15) is 8.42 Å². The summed E-state index contributed by atoms with van der Waals surface area (Å²) in [7, 11) is -3.46. The van der Waals surface area contributed by atoms with Crippen LogP contribution >= 0.6 is 11.3 Å². The minimum Gasteiger partial charge on any atom is -0.312 e. The number of aromatic nitrogens is 1. The van der Waals surface area contributed by atoms with Crippen LogP contribution in [0, 0.1) is 0 Å². The molecule has 0 aliphatic carbocycles. The number of hydrogen-bond acceptors (Lipinski definition) is 5. The van der Waals surface area contributed by atoms with E-state index in [0.717, 1.165) is 23.4 Å². The van der Waals surface area contributed by atoms with Gasteiger partial charge in [-0.25, -0.2) is 13.1 Å². The van der Waals surface area contributed by atoms with E-state index in [1.165, 1.54) is 11.3 Å². The molecule has 0 aliphatic heterocycles. The summed E-state index contributed by atoms with van der Waals surface area (Å²) in [6.45, 7) is 3.98. The van der Waals surface area contributed by atoms with Crippen molar-refractivity contribution in [3.8, 4) is 0 Å². The lowest BCUT2D eigenvalue weighted by atomic mass is 10.3. The summed E-state index contributed by atoms with van der Waals surface area (Å²) >= 11 is 1.45. The first-order chi connectivity index (χ1) is 10.1. The van der Waals surface area contributed by atoms with E-state index < -0.39 is 10.0 Å². The van der Waals surface area contributed by atoms with Gasteiger partial charge < -0.3 is 5.32 Å². The Morgan fingerprint density at radius 2 is 2.19 bits per heavy atom. The maximum Gasteiger partial charge on any atom is 0.241 e. The van der Waals surface area contributed by atoms with E-state index in [1.54, 1.807) is 29.9 Å². The Bertz CT molecular complexity index is 654. The maximum atomic E-state index is 12.2. The van der Waals surface area contributed by atoms with Crippen LogP contribution in [0.1, 0.15) is 23.8 Å². The molecule has 0 radical (unpaired) electrons. The standard InChI is InChI=1S/C14H19N3O2S2/c1-2-5-15-10-13-7-14(11-20-13)21(18,19)17-9-12-4-3-6-16-8-12/h3-4,6-8,11,15,17H,2,5,9-10H2,1H3. The van der Waals surface area contributed by atoms with Crippen LogP contribution in [0.4, 0.5) is 0 Å². The molecule has 2 aromatic rings. The number of rotatable bonds is 8. The molecule has 5 nitrogen and oxygen atoms in total. The van der Waals surface area contributed by atoms with E-state index in [-0.39, 0.29) is 6.54 Å². The van der Waals surface area contributed by atoms with Gasteiger partial charge in [0.25, 0.3) is 0 Å². The van der Waals surface area contributed by atoms with Crippen LogP contribution in [0.25, 0.3) is 0 Å². The summed E-state index contributed by atoms with van der Waals surface area (Å²) < 4.78 is 27.0. The molecule has 2 aromatic heterocycles. The molecule has 0 unspecified atom stereocenters. The second-order valence-corrected chi connectivity index (χ2v) is 7.37. The SMILES string of the molecule is CCCNCc1cc(S(=O)(=O)NCc2cccnc2)cs1. The predicted octanol–water partition coefficient (Wildman–Crippen LogP) is 2.12. The van der Waals surface area contributed by atoms with E-state index >= 15 is 0 Å². The molecular formula is C14H19N3O2S2. The highest BCUT2D eigenvalue weighted by Crippen LogP contribution is 2.19. The van der Waals surface area contributed by atoms with Crippen molar-refractivity contribution in [2.75, 3.05) is 6.54 Å². The van der Waals surface area contributed by atoms with Gasteiger partial charge in [0.15, 0.2) is 0 Å². The number of pyridine rings is 1. The molecule has 21 heavy (non-hydrogen) atoms. The Hall–Kier alpha value is -1.28. The van der Waals surface area contributed by atoms with Gasteiger partial charge in [0.2, 0.25) is 10.0 Å². The molecule has 0 bridgehead atoms. The second-order valence-electron chi connectivity index (χ2n) is 4.61. The lowest BCUT2D eigenvalue weighted by Gasteiger charge is -2.04. The third-order valence-corrected chi connectivity index (χ3v) is 5.32. The number of sulfonamides is 1. The highest BCUT2D eigenvalue weighted by molar-refractivity contribution is 7.89. The zero-order chi connectivity index (χ0) is 15.1. The van der Waals surface area contributed by atoms with Gasteiger partial charge in [-0.1, -0.05) is 13.0 Å². The summed E-state index contributed by atoms with van der Waals surface area (Å²) in [6.07, 6.45) is 4.37. The minimum atomic E-state index is -3.46. The Morgan fingerprint density at radius 1 is 1.33 bits per heavy atom. The Kier molecular flexibility index (Phi) is 5.86. The van der Waals surface area contributed by atoms with Crippen LogP contribution in [0.15, 0.2) is 40.9 Å². The molecule has 0 aromatic carbocycles. The predicted molar refractivity (Wildman–Crippen MR) is 84.6 cm³/mol. The fourth-order valence-corrected chi connectivity index (χ4v) is 4.01. The van der Waals surface area contributed by atoms with E-state index in [2.05, 4.69) is 21.9 Å². The van der Waals surface area contributed by atoms with Crippen molar-refractivity contribution >= 4 is 21.4 Å². The van der Waals surface area contributed by atoms with E-state index in [4.69, 9.17) is 0 Å². The normalized spacial score (nSPS) is 11.7. The van der Waals surface area contributed by atoms with Crippen molar-refractivity contribution in [3.63, 3.8) is 0 Å². The number of thiophene rings is 1. The van der Waals surface area contributed by atoms with Gasteiger partial charge in [0, 0.05) is 35.7 Å². The second kappa shape index (κ2) is 7.65. The van der Waals surface area contributed by atoms with Crippen LogP contribution in [0.3, 0.4) is 0 Å². The first-order valence-electron chi connectivity index (χ1n) is 6.78. The van der Waals surface area contributed by atoms with Crippen LogP contribution in [0.2, 0.25) is 0 Å². The van der Waals surface area contributed by atoms with Gasteiger partial charge in [-0.05, 0) is 30.7 Å². The summed E-state index contributed by atoms with van der Waals surface area (Å²) in [5, 5.41) is 4.94. The molecule has 0 amide bonds. The Morgan fingerprint density at radius 3 is 2.90 bits per heavy atom. The molecule has 0 aliphatic rings. The summed E-state index contributed by atoms with van der Waals surface area (Å²) in [5.74, 6) is 0. The van der Waals surface area contributed by atoms with Gasteiger partial charge >= 0.3 is 0 Å². The molecule has 0 saturated carbocycles. The van der Waals surface area contributed by atoms with Crippen molar-refractivity contribution in [2.24, 2.45) is 0 Å². The van der Waals surface area contributed by atoms with Crippen LogP contribution in [-0.2, 0) is 23.1 Å². The Balaban J connectivity index is 1.96. The minimum absolute atomic E-state index is 0.245. The fourth-order valence-electron chi connectivity index (χ4n) is 1.75. The van der Waals surface area contributed by atoms with Crippen molar-refractivity contribution in [1.82, 2.24) is 15.0 Å². The fraction of sp³-hybridized carbons (Fsp3) is 0.357. The van der Waals surface area contributed by atoms with Crippen molar-refractivity contribution in [2.45, 2.75) is 31.3 Å². The van der Waals surface area contributed by atoms with Crippen LogP contribution in [0.5, 0.6) is 0 Å². The topological polar surface area (TPSA) is 71.1 Å². The summed E-state index contributed by atoms with van der Waals surface area (Å²) in [6, 6.07) is 5.34. The number of hydrogen-bond donors (Lipinski definition) is 2. The third kappa shape index (κ3) is 4.89. The highest BCUT2D eigenvalue weighted by Gasteiger charge is 2.15. The van der Waals surface area contributed by atoms with Gasteiger partial charge in [-0.3, -0.25) is 4.98 Å². The lowest BCUT2D eigenvalue weighted by molar-refractivity contribution is 0.581. The molecule has 0 spiro atoms. The average Bonchev–Trinajstić information content (AvgIpc) is 2.96. The molecule has 0 saturated heterocycles.